The number of aromatic carboxylic acids is 1. The molecule has 152 valence electrons. The molecule has 9 nitrogen and oxygen atoms in total. The van der Waals surface area contributed by atoms with E-state index >= 15 is 0 Å². The number of carboxylic acids is 1. The van der Waals surface area contributed by atoms with Gasteiger partial charge in [0.05, 0.1) is 11.8 Å². The minimum Gasteiger partial charge on any atom is -0.478 e. The zero-order valence-electron chi connectivity index (χ0n) is 16.0. The molecule has 28 heavy (non-hydrogen) atoms. The molecule has 1 aliphatic heterocycles. The molecule has 1 aromatic carbocycles. The summed E-state index contributed by atoms with van der Waals surface area (Å²) < 4.78 is 20.7. The number of nitrogens with zero attached hydrogens (tertiary/aromatic N) is 3. The summed E-state index contributed by atoms with van der Waals surface area (Å²) in [6.45, 7) is 6.16. The van der Waals surface area contributed by atoms with Gasteiger partial charge in [-0.3, -0.25) is 8.93 Å². The first-order chi connectivity index (χ1) is 13.1. The molecule has 0 spiro atoms. The van der Waals surface area contributed by atoms with Gasteiger partial charge in [0.1, 0.15) is 11.1 Å². The Labute approximate surface area is 163 Å². The molecule has 2 heterocycles. The largest absolute Gasteiger partial charge is 0.478 e. The van der Waals surface area contributed by atoms with E-state index in [0.717, 1.165) is 5.69 Å². The van der Waals surface area contributed by atoms with Gasteiger partial charge in [-0.05, 0) is 49.1 Å². The van der Waals surface area contributed by atoms with E-state index < -0.39 is 27.8 Å². The van der Waals surface area contributed by atoms with E-state index in [4.69, 9.17) is 4.74 Å². The fourth-order valence-corrected chi connectivity index (χ4v) is 5.08. The number of anilines is 1. The number of carboxylic acid groups (broad SMARTS) is 1. The van der Waals surface area contributed by atoms with Crippen LogP contribution < -0.4 is 9.62 Å². The van der Waals surface area contributed by atoms with E-state index in [9.17, 15) is 18.9 Å². The first-order valence-corrected chi connectivity index (χ1v) is 11.0. The van der Waals surface area contributed by atoms with Gasteiger partial charge < -0.3 is 14.7 Å². The van der Waals surface area contributed by atoms with Crippen LogP contribution in [0.2, 0.25) is 0 Å². The summed E-state index contributed by atoms with van der Waals surface area (Å²) in [5.41, 5.74) is 0.546. The van der Waals surface area contributed by atoms with Crippen molar-refractivity contribution in [1.29, 1.82) is 0 Å². The number of ether oxygens (including phenoxy) is 1. The minimum atomic E-state index is -2.89. The molecule has 1 aromatic heterocycles. The number of carbonyl (C=O) groups excluding carboxylic acids is 1. The second-order valence-corrected chi connectivity index (χ2v) is 10.6. The maximum absolute atomic E-state index is 13.0. The number of amides is 1. The number of nitrogens with one attached hydrogen (secondary N) is 1. The van der Waals surface area contributed by atoms with Crippen LogP contribution in [0.4, 0.5) is 10.5 Å². The summed E-state index contributed by atoms with van der Waals surface area (Å²) in [6.07, 6.45) is 0.840. The van der Waals surface area contributed by atoms with Crippen molar-refractivity contribution in [2.45, 2.75) is 26.4 Å². The van der Waals surface area contributed by atoms with Crippen LogP contribution in [0.15, 0.2) is 24.4 Å². The maximum atomic E-state index is 13.0. The van der Waals surface area contributed by atoms with E-state index in [1.54, 1.807) is 32.9 Å². The third kappa shape index (κ3) is 4.38. The molecule has 2 N–H and O–H groups in total. The van der Waals surface area contributed by atoms with Gasteiger partial charge >= 0.3 is 12.1 Å². The van der Waals surface area contributed by atoms with Crippen molar-refractivity contribution in [3.05, 3.63) is 30.0 Å². The number of fused-ring (bicyclic) bond motifs is 1. The number of hydrogen-bond donors (Lipinski definition) is 3. The van der Waals surface area contributed by atoms with Crippen molar-refractivity contribution in [2.24, 2.45) is 0 Å². The zero-order chi connectivity index (χ0) is 20.5. The van der Waals surface area contributed by atoms with Crippen LogP contribution in [0.1, 0.15) is 31.1 Å². The second kappa shape index (κ2) is 7.34. The Morgan fingerprint density at radius 2 is 1.89 bits per heavy atom. The Hall–Kier alpha value is -2.75. The fraction of sp³-hybridized carbons (Fsp3) is 0.444. The summed E-state index contributed by atoms with van der Waals surface area (Å²) in [4.78, 5) is 25.4. The highest BCUT2D eigenvalue weighted by Gasteiger charge is 2.28. The van der Waals surface area contributed by atoms with Crippen molar-refractivity contribution in [2.75, 3.05) is 29.5 Å². The molecule has 0 radical (unpaired) electrons. The maximum Gasteiger partial charge on any atom is 0.418 e. The van der Waals surface area contributed by atoms with Gasteiger partial charge in [-0.25, -0.2) is 9.59 Å². The predicted octanol–water partition coefficient (Wildman–Crippen LogP) is 1.60. The molecule has 2 aromatic rings. The number of benzene rings is 1. The molecule has 0 aliphatic carbocycles. The lowest BCUT2D eigenvalue weighted by Gasteiger charge is -2.37. The van der Waals surface area contributed by atoms with Crippen molar-refractivity contribution < 1.29 is 23.6 Å². The lowest BCUT2D eigenvalue weighted by Crippen LogP contribution is -2.52. The zero-order valence-corrected chi connectivity index (χ0v) is 16.9. The highest BCUT2D eigenvalue weighted by atomic mass is 32.3. The summed E-state index contributed by atoms with van der Waals surface area (Å²) >= 11 is 0. The average molecular weight is 408 g/mol. The lowest BCUT2D eigenvalue weighted by atomic mass is 10.1. The van der Waals surface area contributed by atoms with Crippen molar-refractivity contribution >= 4 is 38.8 Å². The van der Waals surface area contributed by atoms with Gasteiger partial charge in [-0.1, -0.05) is 0 Å². The van der Waals surface area contributed by atoms with Crippen LogP contribution in [0, 0.1) is 0 Å². The van der Waals surface area contributed by atoms with E-state index in [2.05, 4.69) is 14.9 Å². The molecular weight excluding hydrogens is 384 g/mol. The average Bonchev–Trinajstić information content (AvgIpc) is 2.59. The number of rotatable bonds is 3. The quantitative estimate of drug-likeness (QED) is 0.655. The van der Waals surface area contributed by atoms with Gasteiger partial charge in [-0.2, -0.15) is 5.10 Å². The standard InChI is InChI=1S/C18H24N4O5S/c1-18(2,3)27-17(25)21-28(26)10-8-22(9-11-28)14-5-4-13(16(23)24)15-12(14)6-7-19-20-15/h4-7,28H,8-11H2,1-3H3,(H,23,24)(H,21,25,26). The highest BCUT2D eigenvalue weighted by molar-refractivity contribution is 8.01. The number of thiol groups is 1. The lowest BCUT2D eigenvalue weighted by molar-refractivity contribution is 0.0570. The molecule has 3 rings (SSSR count). The highest BCUT2D eigenvalue weighted by Crippen LogP contribution is 2.29. The number of aromatic nitrogens is 2. The van der Waals surface area contributed by atoms with Crippen molar-refractivity contribution in [3.63, 3.8) is 0 Å². The van der Waals surface area contributed by atoms with Crippen LogP contribution in [0.3, 0.4) is 0 Å². The molecule has 1 saturated heterocycles. The van der Waals surface area contributed by atoms with Gasteiger partial charge in [0.15, 0.2) is 0 Å². The van der Waals surface area contributed by atoms with Crippen LogP contribution in [-0.2, 0) is 14.9 Å². The number of hydrogen-bond acceptors (Lipinski definition) is 7. The topological polar surface area (TPSA) is 122 Å². The SMILES string of the molecule is CC(C)(C)OC(=O)N[SH]1(=O)CCN(c2ccc(C(=O)O)c3nnccc23)CC1. The van der Waals surface area contributed by atoms with Gasteiger partial charge in [0, 0.05) is 35.7 Å². The van der Waals surface area contributed by atoms with Crippen LogP contribution in [0.25, 0.3) is 10.9 Å². The molecule has 0 atom stereocenters. The van der Waals surface area contributed by atoms with E-state index in [0.29, 0.717) is 35.5 Å². The molecular formula is C18H24N4O5S. The fourth-order valence-electron chi connectivity index (χ4n) is 3.12. The molecule has 0 unspecified atom stereocenters. The first kappa shape index (κ1) is 20.0. The van der Waals surface area contributed by atoms with Gasteiger partial charge in [-0.15, -0.1) is 5.10 Å². The molecule has 1 amide bonds. The Kier molecular flexibility index (Phi) is 5.24. The summed E-state index contributed by atoms with van der Waals surface area (Å²) in [6, 6.07) is 4.95. The Bertz CT molecular complexity index is 960. The minimum absolute atomic E-state index is 0.0844. The predicted molar refractivity (Wildman–Crippen MR) is 107 cm³/mol. The van der Waals surface area contributed by atoms with Gasteiger partial charge in [0.25, 0.3) is 0 Å². The molecule has 0 saturated carbocycles. The van der Waals surface area contributed by atoms with Crippen molar-refractivity contribution in [1.82, 2.24) is 14.9 Å². The Balaban J connectivity index is 1.77. The molecule has 1 fully saturated rings. The number of carbonyl (C=O) groups is 2. The normalized spacial score (nSPS) is 17.8. The van der Waals surface area contributed by atoms with Crippen LogP contribution in [-0.4, -0.2) is 61.8 Å². The third-order valence-electron chi connectivity index (χ3n) is 4.39. The smallest absolute Gasteiger partial charge is 0.418 e. The summed E-state index contributed by atoms with van der Waals surface area (Å²) in [7, 11) is -2.89. The first-order valence-electron chi connectivity index (χ1n) is 8.90. The van der Waals surface area contributed by atoms with E-state index in [-0.39, 0.29) is 5.56 Å². The van der Waals surface area contributed by atoms with Crippen molar-refractivity contribution in [3.8, 4) is 0 Å². The van der Waals surface area contributed by atoms with Crippen LogP contribution in [0.5, 0.6) is 0 Å². The Morgan fingerprint density at radius 1 is 1.21 bits per heavy atom. The molecule has 0 bridgehead atoms. The molecule has 10 heteroatoms. The summed E-state index contributed by atoms with van der Waals surface area (Å²) in [5, 5.41) is 17.8. The van der Waals surface area contributed by atoms with E-state index in [1.165, 1.54) is 12.3 Å². The Morgan fingerprint density at radius 3 is 2.50 bits per heavy atom. The van der Waals surface area contributed by atoms with Gasteiger partial charge in [0.2, 0.25) is 0 Å². The monoisotopic (exact) mass is 408 g/mol. The summed E-state index contributed by atoms with van der Waals surface area (Å²) in [5.74, 6) is -0.471. The van der Waals surface area contributed by atoms with E-state index in [1.807, 2.05) is 4.90 Å². The third-order valence-corrected chi connectivity index (χ3v) is 6.82. The van der Waals surface area contributed by atoms with Crippen LogP contribution >= 0.6 is 0 Å². The second-order valence-electron chi connectivity index (χ2n) is 7.67. The molecule has 1 aliphatic rings.